The second-order valence-corrected chi connectivity index (χ2v) is 7.73. The maximum Gasteiger partial charge on any atom is 0.255 e. The van der Waals surface area contributed by atoms with Gasteiger partial charge in [-0.25, -0.2) is 4.98 Å². The van der Waals surface area contributed by atoms with Crippen LogP contribution in [0.4, 0.5) is 5.69 Å². The number of carbonyl (C=O) groups excluding carboxylic acids is 2. The van der Waals surface area contributed by atoms with Crippen LogP contribution in [-0.2, 0) is 0 Å². The number of para-hydroxylation sites is 2. The molecule has 2 amide bonds. The van der Waals surface area contributed by atoms with Crippen molar-refractivity contribution in [3.05, 3.63) is 95.8 Å². The Morgan fingerprint density at radius 1 is 0.806 bits per heavy atom. The Morgan fingerprint density at radius 2 is 1.45 bits per heavy atom. The van der Waals surface area contributed by atoms with Crippen LogP contribution in [0.5, 0.6) is 0 Å². The van der Waals surface area contributed by atoms with Crippen LogP contribution in [0.2, 0.25) is 0 Å². The van der Waals surface area contributed by atoms with Crippen LogP contribution in [-0.4, -0.2) is 21.8 Å². The molecule has 6 heteroatoms. The molecule has 0 aliphatic heterocycles. The van der Waals surface area contributed by atoms with E-state index in [1.165, 1.54) is 0 Å². The Kier molecular flexibility index (Phi) is 5.80. The number of fused-ring (bicyclic) bond motifs is 1. The third-order valence-electron chi connectivity index (χ3n) is 5.10. The summed E-state index contributed by atoms with van der Waals surface area (Å²) in [6, 6.07) is 23.4. The molecule has 0 saturated heterocycles. The summed E-state index contributed by atoms with van der Waals surface area (Å²) in [6.45, 7) is 4.08. The van der Waals surface area contributed by atoms with Gasteiger partial charge in [0.05, 0.1) is 17.1 Å². The average molecular weight is 412 g/mol. The molecular weight excluding hydrogens is 388 g/mol. The second kappa shape index (κ2) is 8.83. The summed E-state index contributed by atoms with van der Waals surface area (Å²) in [5.41, 5.74) is 3.53. The Morgan fingerprint density at radius 3 is 2.13 bits per heavy atom. The molecule has 0 bridgehead atoms. The van der Waals surface area contributed by atoms with Gasteiger partial charge in [-0.15, -0.1) is 0 Å². The van der Waals surface area contributed by atoms with E-state index < -0.39 is 0 Å². The Balaban J connectivity index is 1.46. The summed E-state index contributed by atoms with van der Waals surface area (Å²) in [5, 5.41) is 5.91. The van der Waals surface area contributed by atoms with Crippen molar-refractivity contribution in [3.63, 3.8) is 0 Å². The van der Waals surface area contributed by atoms with Gasteiger partial charge in [0.1, 0.15) is 5.82 Å². The van der Waals surface area contributed by atoms with Crippen molar-refractivity contribution in [3.8, 4) is 0 Å². The van der Waals surface area contributed by atoms with Crippen LogP contribution in [0.25, 0.3) is 11.0 Å². The molecule has 1 atom stereocenters. The number of nitrogens with one attached hydrogen (secondary N) is 3. The van der Waals surface area contributed by atoms with E-state index >= 15 is 0 Å². The Bertz CT molecular complexity index is 1160. The van der Waals surface area contributed by atoms with E-state index in [1.807, 2.05) is 56.3 Å². The number of H-pyrrole nitrogens is 1. The first-order valence-electron chi connectivity index (χ1n) is 10.2. The van der Waals surface area contributed by atoms with Gasteiger partial charge in [-0.05, 0) is 54.4 Å². The number of rotatable bonds is 6. The number of aromatic nitrogens is 2. The zero-order valence-corrected chi connectivity index (χ0v) is 17.4. The highest BCUT2D eigenvalue weighted by Crippen LogP contribution is 2.23. The molecular formula is C25H24N4O2. The summed E-state index contributed by atoms with van der Waals surface area (Å²) in [6.07, 6.45) is 0. The van der Waals surface area contributed by atoms with Gasteiger partial charge in [0.15, 0.2) is 0 Å². The highest BCUT2D eigenvalue weighted by Gasteiger charge is 2.22. The predicted molar refractivity (Wildman–Crippen MR) is 122 cm³/mol. The topological polar surface area (TPSA) is 86.9 Å². The molecule has 3 aromatic carbocycles. The molecule has 0 saturated carbocycles. The monoisotopic (exact) mass is 412 g/mol. The number of aromatic amines is 1. The lowest BCUT2D eigenvalue weighted by atomic mass is 10.0. The average Bonchev–Trinajstić information content (AvgIpc) is 3.22. The van der Waals surface area contributed by atoms with Crippen molar-refractivity contribution in [2.75, 3.05) is 5.32 Å². The quantitative estimate of drug-likeness (QED) is 0.419. The lowest BCUT2D eigenvalue weighted by Gasteiger charge is -2.20. The molecule has 156 valence electrons. The van der Waals surface area contributed by atoms with Crippen LogP contribution in [0, 0.1) is 5.92 Å². The number of hydrogen-bond donors (Lipinski definition) is 3. The molecule has 4 aromatic rings. The Labute approximate surface area is 180 Å². The van der Waals surface area contributed by atoms with Gasteiger partial charge in [-0.1, -0.05) is 44.2 Å². The van der Waals surface area contributed by atoms with Gasteiger partial charge in [-0.3, -0.25) is 9.59 Å². The maximum atomic E-state index is 12.9. The van der Waals surface area contributed by atoms with Crippen molar-refractivity contribution in [2.45, 2.75) is 19.9 Å². The van der Waals surface area contributed by atoms with Gasteiger partial charge in [0, 0.05) is 16.8 Å². The molecule has 1 aromatic heterocycles. The summed E-state index contributed by atoms with van der Waals surface area (Å²) >= 11 is 0. The lowest BCUT2D eigenvalue weighted by Crippen LogP contribution is -2.32. The molecule has 0 spiro atoms. The zero-order valence-electron chi connectivity index (χ0n) is 17.4. The molecule has 1 heterocycles. The third-order valence-corrected chi connectivity index (χ3v) is 5.10. The van der Waals surface area contributed by atoms with Crippen LogP contribution in [0.15, 0.2) is 78.9 Å². The number of imidazole rings is 1. The maximum absolute atomic E-state index is 12.9. The van der Waals surface area contributed by atoms with E-state index in [2.05, 4.69) is 20.6 Å². The van der Waals surface area contributed by atoms with Crippen LogP contribution in [0.1, 0.15) is 46.4 Å². The molecule has 0 aliphatic carbocycles. The summed E-state index contributed by atoms with van der Waals surface area (Å²) in [5.74, 6) is 0.493. The molecule has 0 fully saturated rings. The van der Waals surface area contributed by atoms with Gasteiger partial charge >= 0.3 is 0 Å². The van der Waals surface area contributed by atoms with Crippen molar-refractivity contribution in [1.82, 2.24) is 15.3 Å². The standard InChI is InChI=1S/C25H24N4O2/c1-16(2)22(23-27-20-10-6-7-11-21(20)28-23)29-25(31)18-12-14-19(15-13-18)26-24(30)17-8-4-3-5-9-17/h3-16,22H,1-2H3,(H,26,30)(H,27,28)(H,29,31). The van der Waals surface area contributed by atoms with Crippen LogP contribution >= 0.6 is 0 Å². The first-order valence-corrected chi connectivity index (χ1v) is 10.2. The highest BCUT2D eigenvalue weighted by atomic mass is 16.2. The molecule has 4 rings (SSSR count). The van der Waals surface area contributed by atoms with Gasteiger partial charge in [0.2, 0.25) is 0 Å². The van der Waals surface area contributed by atoms with Gasteiger partial charge < -0.3 is 15.6 Å². The fourth-order valence-corrected chi connectivity index (χ4v) is 3.39. The first kappa shape index (κ1) is 20.3. The summed E-state index contributed by atoms with van der Waals surface area (Å²) in [4.78, 5) is 33.1. The first-order chi connectivity index (χ1) is 15.0. The molecule has 0 radical (unpaired) electrons. The van der Waals surface area contributed by atoms with Crippen molar-refractivity contribution < 1.29 is 9.59 Å². The fourth-order valence-electron chi connectivity index (χ4n) is 3.39. The van der Waals surface area contributed by atoms with Crippen molar-refractivity contribution in [1.29, 1.82) is 0 Å². The molecule has 3 N–H and O–H groups in total. The van der Waals surface area contributed by atoms with E-state index in [9.17, 15) is 9.59 Å². The molecule has 1 unspecified atom stereocenters. The van der Waals surface area contributed by atoms with Gasteiger partial charge in [-0.2, -0.15) is 0 Å². The van der Waals surface area contributed by atoms with Crippen LogP contribution in [0.3, 0.4) is 0 Å². The number of nitrogens with zero attached hydrogens (tertiary/aromatic N) is 1. The minimum absolute atomic E-state index is 0.147. The van der Waals surface area contributed by atoms with Crippen LogP contribution < -0.4 is 10.6 Å². The second-order valence-electron chi connectivity index (χ2n) is 7.73. The highest BCUT2D eigenvalue weighted by molar-refractivity contribution is 6.04. The Hall–Kier alpha value is -3.93. The smallest absolute Gasteiger partial charge is 0.255 e. The minimum atomic E-state index is -0.252. The van der Waals surface area contributed by atoms with E-state index in [1.54, 1.807) is 36.4 Å². The van der Waals surface area contributed by atoms with E-state index in [-0.39, 0.29) is 23.8 Å². The van der Waals surface area contributed by atoms with E-state index in [0.717, 1.165) is 16.9 Å². The predicted octanol–water partition coefficient (Wildman–Crippen LogP) is 4.94. The van der Waals surface area contributed by atoms with Gasteiger partial charge in [0.25, 0.3) is 11.8 Å². The summed E-state index contributed by atoms with van der Waals surface area (Å²) in [7, 11) is 0. The number of benzene rings is 3. The van der Waals surface area contributed by atoms with Crippen molar-refractivity contribution >= 4 is 28.5 Å². The van der Waals surface area contributed by atoms with E-state index in [4.69, 9.17) is 0 Å². The zero-order chi connectivity index (χ0) is 21.8. The SMILES string of the molecule is CC(C)C(NC(=O)c1ccc(NC(=O)c2ccccc2)cc1)c1nc2ccccc2[nH]1. The minimum Gasteiger partial charge on any atom is -0.342 e. The van der Waals surface area contributed by atoms with E-state index in [0.29, 0.717) is 16.8 Å². The lowest BCUT2D eigenvalue weighted by molar-refractivity contribution is 0.0923. The number of hydrogen-bond acceptors (Lipinski definition) is 3. The fraction of sp³-hybridized carbons (Fsp3) is 0.160. The molecule has 6 nitrogen and oxygen atoms in total. The molecule has 31 heavy (non-hydrogen) atoms. The normalized spacial score (nSPS) is 12.0. The summed E-state index contributed by atoms with van der Waals surface area (Å²) < 4.78 is 0. The number of anilines is 1. The third kappa shape index (κ3) is 4.64. The number of amides is 2. The number of carbonyl (C=O) groups is 2. The van der Waals surface area contributed by atoms with Crippen molar-refractivity contribution in [2.24, 2.45) is 5.92 Å². The molecule has 0 aliphatic rings. The largest absolute Gasteiger partial charge is 0.342 e.